The van der Waals surface area contributed by atoms with Crippen LogP contribution in [0.1, 0.15) is 29.4 Å². The number of aryl methyl sites for hydroxylation is 3. The van der Waals surface area contributed by atoms with E-state index in [0.717, 1.165) is 22.7 Å². The summed E-state index contributed by atoms with van der Waals surface area (Å²) in [7, 11) is 0. The number of aromatic nitrogens is 3. The van der Waals surface area contributed by atoms with Crippen LogP contribution in [0, 0.1) is 20.8 Å². The summed E-state index contributed by atoms with van der Waals surface area (Å²) < 4.78 is 7.77. The van der Waals surface area contributed by atoms with E-state index in [-0.39, 0.29) is 11.7 Å². The number of amides is 1. The molecule has 0 aliphatic carbocycles. The number of ether oxygens (including phenoxy) is 1. The summed E-state index contributed by atoms with van der Waals surface area (Å²) in [5, 5.41) is 12.6. The molecule has 0 aliphatic heterocycles. The second-order valence-electron chi connectivity index (χ2n) is 7.02. The van der Waals surface area contributed by atoms with Crippen molar-refractivity contribution >= 4 is 35.0 Å². The number of anilines is 1. The fourth-order valence-corrected chi connectivity index (χ4v) is 4.20. The van der Waals surface area contributed by atoms with Crippen LogP contribution in [0.15, 0.2) is 41.6 Å². The van der Waals surface area contributed by atoms with E-state index in [9.17, 15) is 4.79 Å². The van der Waals surface area contributed by atoms with E-state index in [4.69, 9.17) is 16.3 Å². The van der Waals surface area contributed by atoms with Crippen LogP contribution in [-0.2, 0) is 17.9 Å². The van der Waals surface area contributed by atoms with Gasteiger partial charge in [-0.15, -0.1) is 10.2 Å². The molecule has 6 nitrogen and oxygen atoms in total. The second kappa shape index (κ2) is 10.00. The zero-order valence-corrected chi connectivity index (χ0v) is 19.1. The van der Waals surface area contributed by atoms with Gasteiger partial charge in [-0.25, -0.2) is 0 Å². The van der Waals surface area contributed by atoms with Crippen molar-refractivity contribution in [3.8, 4) is 5.75 Å². The monoisotopic (exact) mass is 444 g/mol. The Morgan fingerprint density at radius 1 is 1.13 bits per heavy atom. The van der Waals surface area contributed by atoms with Gasteiger partial charge in [-0.05, 0) is 57.0 Å². The lowest BCUT2D eigenvalue weighted by Gasteiger charge is -2.12. The van der Waals surface area contributed by atoms with Crippen LogP contribution in [-0.4, -0.2) is 26.4 Å². The number of nitrogens with zero attached hydrogens (tertiary/aromatic N) is 3. The molecule has 30 heavy (non-hydrogen) atoms. The van der Waals surface area contributed by atoms with Crippen LogP contribution in [0.5, 0.6) is 5.75 Å². The maximum absolute atomic E-state index is 12.4. The summed E-state index contributed by atoms with van der Waals surface area (Å²) in [4.78, 5) is 12.4. The largest absolute Gasteiger partial charge is 0.486 e. The highest BCUT2D eigenvalue weighted by molar-refractivity contribution is 7.99. The maximum Gasteiger partial charge on any atom is 0.234 e. The van der Waals surface area contributed by atoms with Gasteiger partial charge in [0, 0.05) is 6.54 Å². The third kappa shape index (κ3) is 5.55. The minimum Gasteiger partial charge on any atom is -0.486 e. The van der Waals surface area contributed by atoms with Gasteiger partial charge in [-0.1, -0.05) is 47.1 Å². The Morgan fingerprint density at radius 3 is 2.53 bits per heavy atom. The van der Waals surface area contributed by atoms with Crippen molar-refractivity contribution < 1.29 is 9.53 Å². The van der Waals surface area contributed by atoms with Crippen LogP contribution in [0.25, 0.3) is 0 Å². The first-order chi connectivity index (χ1) is 14.4. The molecule has 0 fully saturated rings. The Hall–Kier alpha value is -2.51. The lowest BCUT2D eigenvalue weighted by molar-refractivity contribution is -0.113. The number of nitrogens with one attached hydrogen (secondary N) is 1. The van der Waals surface area contributed by atoms with Crippen LogP contribution in [0.4, 0.5) is 5.69 Å². The predicted octanol–water partition coefficient (Wildman–Crippen LogP) is 5.19. The molecular formula is C22H25ClN4O2S. The molecule has 8 heteroatoms. The topological polar surface area (TPSA) is 69.0 Å². The Morgan fingerprint density at radius 2 is 1.87 bits per heavy atom. The standard InChI is InChI=1S/C22H25ClN4O2S/c1-5-27-19(12-29-17-8-6-14(2)7-9-17)25-26-22(27)30-13-20(28)24-21-16(4)10-15(3)11-18(21)23/h6-11H,5,12-13H2,1-4H3,(H,24,28). The quantitative estimate of drug-likeness (QED) is 0.484. The van der Waals surface area contributed by atoms with Crippen molar-refractivity contribution in [3.05, 3.63) is 63.9 Å². The van der Waals surface area contributed by atoms with Gasteiger partial charge in [0.05, 0.1) is 16.5 Å². The van der Waals surface area contributed by atoms with Crippen molar-refractivity contribution in [2.75, 3.05) is 11.1 Å². The van der Waals surface area contributed by atoms with Crippen molar-refractivity contribution in [1.29, 1.82) is 0 Å². The maximum atomic E-state index is 12.4. The van der Waals surface area contributed by atoms with E-state index in [2.05, 4.69) is 15.5 Å². The summed E-state index contributed by atoms with van der Waals surface area (Å²) in [6.07, 6.45) is 0. The Bertz CT molecular complexity index is 1010. The molecule has 1 amide bonds. The number of benzene rings is 2. The average molecular weight is 445 g/mol. The second-order valence-corrected chi connectivity index (χ2v) is 8.37. The van der Waals surface area contributed by atoms with Gasteiger partial charge >= 0.3 is 0 Å². The fraction of sp³-hybridized carbons (Fsp3) is 0.318. The molecule has 1 heterocycles. The van der Waals surface area contributed by atoms with Crippen molar-refractivity contribution in [2.45, 2.75) is 46.0 Å². The Kier molecular flexibility index (Phi) is 7.39. The highest BCUT2D eigenvalue weighted by atomic mass is 35.5. The molecule has 1 aromatic heterocycles. The lowest BCUT2D eigenvalue weighted by atomic mass is 10.1. The van der Waals surface area contributed by atoms with E-state index in [1.165, 1.54) is 17.3 Å². The molecule has 0 unspecified atom stereocenters. The van der Waals surface area contributed by atoms with Gasteiger partial charge in [0.15, 0.2) is 11.0 Å². The van der Waals surface area contributed by atoms with E-state index >= 15 is 0 Å². The number of carbonyl (C=O) groups excluding carboxylic acids is 1. The van der Waals surface area contributed by atoms with E-state index in [0.29, 0.717) is 29.0 Å². The Labute approximate surface area is 186 Å². The number of carbonyl (C=O) groups is 1. The first kappa shape index (κ1) is 22.2. The SMILES string of the molecule is CCn1c(COc2ccc(C)cc2)nnc1SCC(=O)Nc1c(C)cc(C)cc1Cl. The molecule has 0 aliphatic rings. The van der Waals surface area contributed by atoms with Gasteiger partial charge in [0.2, 0.25) is 5.91 Å². The van der Waals surface area contributed by atoms with Gasteiger partial charge in [-0.3, -0.25) is 4.79 Å². The highest BCUT2D eigenvalue weighted by Gasteiger charge is 2.15. The van der Waals surface area contributed by atoms with Crippen LogP contribution < -0.4 is 10.1 Å². The number of rotatable bonds is 8. The lowest BCUT2D eigenvalue weighted by Crippen LogP contribution is -2.16. The molecular weight excluding hydrogens is 420 g/mol. The number of thioether (sulfide) groups is 1. The van der Waals surface area contributed by atoms with E-state index < -0.39 is 0 Å². The van der Waals surface area contributed by atoms with Crippen molar-refractivity contribution in [2.24, 2.45) is 0 Å². The first-order valence-corrected chi connectivity index (χ1v) is 11.0. The minimum atomic E-state index is -0.142. The molecule has 158 valence electrons. The van der Waals surface area contributed by atoms with Gasteiger partial charge < -0.3 is 14.6 Å². The summed E-state index contributed by atoms with van der Waals surface area (Å²) in [6.45, 7) is 8.94. The minimum absolute atomic E-state index is 0.142. The van der Waals surface area contributed by atoms with Gasteiger partial charge in [0.25, 0.3) is 0 Å². The van der Waals surface area contributed by atoms with Crippen molar-refractivity contribution in [1.82, 2.24) is 14.8 Å². The molecule has 0 bridgehead atoms. The fourth-order valence-electron chi connectivity index (χ4n) is 3.01. The normalized spacial score (nSPS) is 10.8. The van der Waals surface area contributed by atoms with Gasteiger partial charge in [-0.2, -0.15) is 0 Å². The Balaban J connectivity index is 1.60. The molecule has 3 rings (SSSR count). The van der Waals surface area contributed by atoms with Crippen LogP contribution in [0.3, 0.4) is 0 Å². The van der Waals surface area contributed by atoms with Gasteiger partial charge in [0.1, 0.15) is 12.4 Å². The van der Waals surface area contributed by atoms with Crippen LogP contribution in [0.2, 0.25) is 5.02 Å². The molecule has 0 atom stereocenters. The molecule has 2 aromatic carbocycles. The zero-order valence-electron chi connectivity index (χ0n) is 17.5. The molecule has 0 radical (unpaired) electrons. The molecule has 0 spiro atoms. The zero-order chi connectivity index (χ0) is 21.7. The summed E-state index contributed by atoms with van der Waals surface area (Å²) in [6, 6.07) is 11.7. The smallest absolute Gasteiger partial charge is 0.234 e. The highest BCUT2D eigenvalue weighted by Crippen LogP contribution is 2.28. The molecule has 0 saturated heterocycles. The third-order valence-corrected chi connectivity index (χ3v) is 5.79. The third-order valence-electron chi connectivity index (χ3n) is 4.53. The predicted molar refractivity (Wildman–Crippen MR) is 121 cm³/mol. The first-order valence-electron chi connectivity index (χ1n) is 9.68. The molecule has 3 aromatic rings. The summed E-state index contributed by atoms with van der Waals surface area (Å²) >= 11 is 7.62. The van der Waals surface area contributed by atoms with Crippen molar-refractivity contribution in [3.63, 3.8) is 0 Å². The molecule has 1 N–H and O–H groups in total. The average Bonchev–Trinajstić information content (AvgIpc) is 3.10. The number of halogens is 1. The number of hydrogen-bond donors (Lipinski definition) is 1. The summed E-state index contributed by atoms with van der Waals surface area (Å²) in [5.41, 5.74) is 3.82. The van der Waals surface area contributed by atoms with Crippen LogP contribution >= 0.6 is 23.4 Å². The molecule has 0 saturated carbocycles. The summed E-state index contributed by atoms with van der Waals surface area (Å²) in [5.74, 6) is 1.57. The number of hydrogen-bond acceptors (Lipinski definition) is 5. The van der Waals surface area contributed by atoms with E-state index in [1.54, 1.807) is 0 Å². The van der Waals surface area contributed by atoms with E-state index in [1.807, 2.05) is 68.7 Å².